The maximum absolute atomic E-state index is 3.53. The molecule has 2 aliphatic carbocycles. The Balaban J connectivity index is 0.000000658. The summed E-state index contributed by atoms with van der Waals surface area (Å²) in [5, 5.41) is 0. The quantitative estimate of drug-likeness (QED) is 0.136. The van der Waals surface area contributed by atoms with E-state index in [0.29, 0.717) is 0 Å². The van der Waals surface area contributed by atoms with Crippen LogP contribution in [0.5, 0.6) is 0 Å². The van der Waals surface area contributed by atoms with Crippen molar-refractivity contribution in [3.63, 3.8) is 0 Å². The van der Waals surface area contributed by atoms with Gasteiger partial charge >= 0.3 is 28.4 Å². The number of benzene rings is 4. The molecule has 2 aliphatic rings. The Bertz CT molecular complexity index is 1330. The molecule has 0 fully saturated rings. The molecule has 0 spiro atoms. The number of hydrogen-bond acceptors (Lipinski definition) is 0. The summed E-state index contributed by atoms with van der Waals surface area (Å²) in [6, 6.07) is 36.2. The van der Waals surface area contributed by atoms with Crippen molar-refractivity contribution in [2.75, 3.05) is 0 Å². The van der Waals surface area contributed by atoms with Gasteiger partial charge in [-0.25, -0.2) is 12.2 Å². The van der Waals surface area contributed by atoms with E-state index in [4.69, 9.17) is 0 Å². The topological polar surface area (TPSA) is 0 Å². The fraction of sp³-hybridized carbons (Fsp3) is 0.256. The molecular weight excluding hydrogens is 790 g/mol. The van der Waals surface area contributed by atoms with Crippen LogP contribution in [-0.4, -0.2) is 4.21 Å². The zero-order valence-corrected chi connectivity index (χ0v) is 33.7. The van der Waals surface area contributed by atoms with E-state index in [9.17, 15) is 0 Å². The van der Waals surface area contributed by atoms with Gasteiger partial charge in [0.25, 0.3) is 0 Å². The molecule has 0 bridgehead atoms. The first kappa shape index (κ1) is 42.7. The maximum atomic E-state index is 3.53. The first-order valence-corrected chi connectivity index (χ1v) is 17.3. The number of halogens is 4. The third-order valence-corrected chi connectivity index (χ3v) is 7.44. The molecule has 0 saturated heterocycles. The van der Waals surface area contributed by atoms with Gasteiger partial charge in [-0.3, -0.25) is 6.08 Å². The molecule has 0 amide bonds. The molecule has 0 atom stereocenters. The Morgan fingerprint density at radius 1 is 0.727 bits per heavy atom. The average Bonchev–Trinajstić information content (AvgIpc) is 3.66. The van der Waals surface area contributed by atoms with E-state index in [0.717, 1.165) is 21.8 Å². The van der Waals surface area contributed by atoms with Gasteiger partial charge in [-0.2, -0.15) is 96.1 Å². The van der Waals surface area contributed by atoms with Crippen LogP contribution in [0.3, 0.4) is 0 Å². The van der Waals surface area contributed by atoms with Crippen LogP contribution in [-0.2, 0) is 41.5 Å². The van der Waals surface area contributed by atoms with Crippen LogP contribution < -0.4 is 0 Å². The van der Waals surface area contributed by atoms with E-state index < -0.39 is 0 Å². The number of hydrogen-bond donors (Lipinski definition) is 0. The molecule has 0 heterocycles. The average molecular weight is 833 g/mol. The van der Waals surface area contributed by atoms with Crippen molar-refractivity contribution in [3.05, 3.63) is 153 Å². The Hall–Kier alpha value is -1.35. The summed E-state index contributed by atoms with van der Waals surface area (Å²) < 4.78 is 5.50. The predicted molar refractivity (Wildman–Crippen MR) is 200 cm³/mol. The molecule has 234 valence electrons. The summed E-state index contributed by atoms with van der Waals surface area (Å²) in [4.78, 5) is 0. The summed E-state index contributed by atoms with van der Waals surface area (Å²) in [7, 11) is 0. The first-order valence-electron chi connectivity index (χ1n) is 13.9. The zero-order chi connectivity index (χ0) is 31.2. The summed E-state index contributed by atoms with van der Waals surface area (Å²) in [6.45, 7) is 13.6. The van der Waals surface area contributed by atoms with Crippen molar-refractivity contribution in [3.8, 4) is 11.1 Å². The van der Waals surface area contributed by atoms with Crippen LogP contribution in [0.15, 0.2) is 106 Å². The van der Waals surface area contributed by atoms with Gasteiger partial charge in [-0.1, -0.05) is 85.2 Å². The van der Waals surface area contributed by atoms with E-state index in [1.165, 1.54) is 57.6 Å². The van der Waals surface area contributed by atoms with Gasteiger partial charge in [-0.15, -0.1) is 68.7 Å². The SMILES string of the molecule is Brc1c[c-]ccc1.Brc1c[c-]ccc1.CC(C)(C)c1c[c-]c2c(c1)-c1cc(C(C)(C)C)ccc1C2.Cl.Cl.[C-]1=CC=CC1.[CH2]=[Zr]. The fourth-order valence-electron chi connectivity index (χ4n) is 4.07. The Morgan fingerprint density at radius 3 is 1.64 bits per heavy atom. The predicted octanol–water partition coefficient (Wildman–Crippen LogP) is 12.3. The van der Waals surface area contributed by atoms with Crippen molar-refractivity contribution in [2.24, 2.45) is 0 Å². The molecule has 0 aromatic heterocycles. The Morgan fingerprint density at radius 2 is 1.27 bits per heavy atom. The van der Waals surface area contributed by atoms with Gasteiger partial charge in [0.05, 0.1) is 0 Å². The van der Waals surface area contributed by atoms with Gasteiger partial charge in [-0.05, 0) is 17.4 Å². The third kappa shape index (κ3) is 14.8. The molecule has 0 radical (unpaired) electrons. The molecule has 0 N–H and O–H groups in total. The number of fused-ring (bicyclic) bond motifs is 3. The van der Waals surface area contributed by atoms with E-state index in [-0.39, 0.29) is 35.6 Å². The van der Waals surface area contributed by atoms with Crippen molar-refractivity contribution in [1.82, 2.24) is 0 Å². The fourth-order valence-corrected chi connectivity index (χ4v) is 4.64. The molecule has 0 nitrogen and oxygen atoms in total. The van der Waals surface area contributed by atoms with Crippen LogP contribution in [0.4, 0.5) is 0 Å². The van der Waals surface area contributed by atoms with E-state index in [2.05, 4.69) is 138 Å². The van der Waals surface area contributed by atoms with E-state index in [1.807, 2.05) is 60.7 Å². The summed E-state index contributed by atoms with van der Waals surface area (Å²) in [6.07, 6.45) is 11.0. The summed E-state index contributed by atoms with van der Waals surface area (Å²) >= 11 is 7.86. The number of rotatable bonds is 0. The van der Waals surface area contributed by atoms with Crippen molar-refractivity contribution in [1.29, 1.82) is 0 Å². The Kier molecular flexibility index (Phi) is 20.8. The molecular formula is C39H42Br2Cl2Zr-4. The molecule has 4 aromatic rings. The van der Waals surface area contributed by atoms with E-state index >= 15 is 0 Å². The number of allylic oxidation sites excluding steroid dienone is 4. The Labute approximate surface area is 311 Å². The second-order valence-electron chi connectivity index (χ2n) is 11.8. The zero-order valence-electron chi connectivity index (χ0n) is 26.4. The summed E-state index contributed by atoms with van der Waals surface area (Å²) in [5.74, 6) is 0. The van der Waals surface area contributed by atoms with Gasteiger partial charge in [0.15, 0.2) is 0 Å². The van der Waals surface area contributed by atoms with Crippen LogP contribution >= 0.6 is 56.7 Å². The molecule has 6 rings (SSSR count). The molecule has 4 aromatic carbocycles. The second kappa shape index (κ2) is 21.4. The van der Waals surface area contributed by atoms with Gasteiger partial charge in [0, 0.05) is 0 Å². The molecule has 0 unspecified atom stereocenters. The van der Waals surface area contributed by atoms with Crippen LogP contribution in [0.1, 0.15) is 70.2 Å². The third-order valence-electron chi connectivity index (χ3n) is 6.45. The van der Waals surface area contributed by atoms with Crippen LogP contribution in [0, 0.1) is 24.3 Å². The molecule has 0 aliphatic heterocycles. The summed E-state index contributed by atoms with van der Waals surface area (Å²) in [5.41, 5.74) is 8.76. The van der Waals surface area contributed by atoms with Crippen molar-refractivity contribution < 1.29 is 24.2 Å². The van der Waals surface area contributed by atoms with Gasteiger partial charge in [0.1, 0.15) is 0 Å². The first-order chi connectivity index (χ1) is 19.9. The van der Waals surface area contributed by atoms with Gasteiger partial charge < -0.3 is 0 Å². The molecule has 0 saturated carbocycles. The van der Waals surface area contributed by atoms with Crippen molar-refractivity contribution in [2.45, 2.75) is 65.2 Å². The van der Waals surface area contributed by atoms with Crippen LogP contribution in [0.2, 0.25) is 0 Å². The standard InChI is InChI=1S/C21H25.2C6H4Br.C5H5.CH2.2ClH.Zr/c1-20(2,3)16-9-7-14-11-15-8-10-17(21(4,5)6)13-19(15)18(14)12-16;2*7-6-4-2-1-3-5-6;1-2-4-5-3-1;;;;/h7,9-10,12-13H,11H2,1-6H3;2*1-2,4-5H;1-3H,4H2;1H2;2*1H;/q4*-1;;;;. The second-order valence-corrected chi connectivity index (χ2v) is 13.6. The van der Waals surface area contributed by atoms with E-state index in [1.54, 1.807) is 0 Å². The van der Waals surface area contributed by atoms with Crippen LogP contribution in [0.25, 0.3) is 11.1 Å². The monoisotopic (exact) mass is 828 g/mol. The molecule has 44 heavy (non-hydrogen) atoms. The molecule has 5 heteroatoms. The minimum atomic E-state index is 0. The normalized spacial score (nSPS) is 11.5. The minimum absolute atomic E-state index is 0. The van der Waals surface area contributed by atoms with Crippen molar-refractivity contribution >= 4 is 60.9 Å². The van der Waals surface area contributed by atoms with Gasteiger partial charge in [0.2, 0.25) is 0 Å².